The predicted octanol–water partition coefficient (Wildman–Crippen LogP) is 3.01. The van der Waals surface area contributed by atoms with Crippen molar-refractivity contribution in [1.29, 1.82) is 0 Å². The largest absolute Gasteiger partial charge is 0.486 e. The molecule has 1 atom stereocenters. The van der Waals surface area contributed by atoms with E-state index in [-0.39, 0.29) is 5.60 Å². The molecule has 0 aliphatic carbocycles. The monoisotopic (exact) mass is 251 g/mol. The van der Waals surface area contributed by atoms with Crippen LogP contribution >= 0.6 is 11.6 Å². The lowest BCUT2D eigenvalue weighted by atomic mass is 9.88. The quantitative estimate of drug-likeness (QED) is 0.765. The first-order chi connectivity index (χ1) is 8.11. The van der Waals surface area contributed by atoms with Crippen LogP contribution in [0, 0.1) is 13.8 Å². The van der Waals surface area contributed by atoms with Gasteiger partial charge in [0.05, 0.1) is 0 Å². The Morgan fingerprint density at radius 1 is 1.35 bits per heavy atom. The summed E-state index contributed by atoms with van der Waals surface area (Å²) < 4.78 is 6.28. The molecule has 1 spiro atoms. The summed E-state index contributed by atoms with van der Waals surface area (Å²) in [5, 5.41) is 4.30. The number of ether oxygens (including phenoxy) is 1. The number of aryl methyl sites for hydroxylation is 1. The van der Waals surface area contributed by atoms with E-state index < -0.39 is 0 Å². The van der Waals surface area contributed by atoms with Gasteiger partial charge in [-0.3, -0.25) is 0 Å². The number of nitrogens with one attached hydrogen (secondary N) is 1. The topological polar surface area (TPSA) is 21.3 Å². The first-order valence-electron chi connectivity index (χ1n) is 6.30. The van der Waals surface area contributed by atoms with Gasteiger partial charge >= 0.3 is 0 Å². The Kier molecular flexibility index (Phi) is 2.60. The van der Waals surface area contributed by atoms with Crippen molar-refractivity contribution in [3.05, 3.63) is 27.8 Å². The minimum absolute atomic E-state index is 0.0414. The Morgan fingerprint density at radius 2 is 2.18 bits per heavy atom. The maximum absolute atomic E-state index is 6.30. The number of benzene rings is 1. The van der Waals surface area contributed by atoms with Gasteiger partial charge in [0.25, 0.3) is 0 Å². The van der Waals surface area contributed by atoms with Gasteiger partial charge < -0.3 is 10.1 Å². The summed E-state index contributed by atoms with van der Waals surface area (Å²) in [4.78, 5) is 0. The fraction of sp³-hybridized carbons (Fsp3) is 0.571. The summed E-state index contributed by atoms with van der Waals surface area (Å²) in [7, 11) is 0. The molecule has 17 heavy (non-hydrogen) atoms. The Balaban J connectivity index is 2.03. The molecule has 2 aliphatic rings. The highest BCUT2D eigenvalue weighted by molar-refractivity contribution is 6.32. The molecule has 0 aromatic heterocycles. The average Bonchev–Trinajstić information content (AvgIpc) is 2.74. The molecule has 1 fully saturated rings. The maximum Gasteiger partial charge on any atom is 0.124 e. The maximum atomic E-state index is 6.30. The summed E-state index contributed by atoms with van der Waals surface area (Å²) in [6.07, 6.45) is 3.31. The van der Waals surface area contributed by atoms with Gasteiger partial charge in [-0.1, -0.05) is 11.6 Å². The second kappa shape index (κ2) is 3.89. The van der Waals surface area contributed by atoms with Crippen molar-refractivity contribution < 1.29 is 4.74 Å². The van der Waals surface area contributed by atoms with Crippen LogP contribution in [0.5, 0.6) is 5.75 Å². The normalized spacial score (nSPS) is 27.0. The molecular formula is C14H18ClNO. The van der Waals surface area contributed by atoms with Crippen molar-refractivity contribution in [2.24, 2.45) is 0 Å². The Labute approximate surface area is 107 Å². The van der Waals surface area contributed by atoms with Gasteiger partial charge in [-0.05, 0) is 56.0 Å². The smallest absolute Gasteiger partial charge is 0.124 e. The van der Waals surface area contributed by atoms with Crippen LogP contribution < -0.4 is 10.1 Å². The molecule has 0 amide bonds. The molecular weight excluding hydrogens is 234 g/mol. The third-order valence-corrected chi connectivity index (χ3v) is 4.72. The van der Waals surface area contributed by atoms with E-state index in [2.05, 4.69) is 18.3 Å². The number of hydrogen-bond acceptors (Lipinski definition) is 2. The highest BCUT2D eigenvalue weighted by Crippen LogP contribution is 2.41. The van der Waals surface area contributed by atoms with Crippen molar-refractivity contribution in [3.63, 3.8) is 0 Å². The van der Waals surface area contributed by atoms with Crippen LogP contribution in [0.25, 0.3) is 0 Å². The minimum Gasteiger partial charge on any atom is -0.486 e. The molecule has 0 radical (unpaired) electrons. The van der Waals surface area contributed by atoms with E-state index in [1.54, 1.807) is 0 Å². The van der Waals surface area contributed by atoms with Crippen molar-refractivity contribution >= 4 is 11.6 Å². The molecule has 92 valence electrons. The summed E-state index contributed by atoms with van der Waals surface area (Å²) in [6, 6.07) is 2.10. The number of fused-ring (bicyclic) bond motifs is 1. The molecule has 1 aromatic carbocycles. The minimum atomic E-state index is 0.0414. The van der Waals surface area contributed by atoms with Gasteiger partial charge in [-0.15, -0.1) is 0 Å². The lowest BCUT2D eigenvalue weighted by molar-refractivity contribution is 0.0662. The second-order valence-electron chi connectivity index (χ2n) is 5.32. The van der Waals surface area contributed by atoms with Gasteiger partial charge in [0.2, 0.25) is 0 Å². The number of rotatable bonds is 0. The summed E-state index contributed by atoms with van der Waals surface area (Å²) >= 11 is 6.30. The first-order valence-corrected chi connectivity index (χ1v) is 6.67. The van der Waals surface area contributed by atoms with Crippen LogP contribution in [0.15, 0.2) is 6.07 Å². The van der Waals surface area contributed by atoms with Crippen molar-refractivity contribution in [2.45, 2.75) is 38.7 Å². The molecule has 3 rings (SSSR count). The molecule has 2 aliphatic heterocycles. The molecule has 2 heterocycles. The number of halogens is 1. The molecule has 3 heteroatoms. The van der Waals surface area contributed by atoms with Gasteiger partial charge in [0.15, 0.2) is 0 Å². The van der Waals surface area contributed by atoms with Gasteiger partial charge in [0, 0.05) is 18.0 Å². The van der Waals surface area contributed by atoms with E-state index in [1.807, 2.05) is 6.92 Å². The fourth-order valence-electron chi connectivity index (χ4n) is 3.02. The Morgan fingerprint density at radius 3 is 2.88 bits per heavy atom. The molecule has 1 N–H and O–H groups in total. The zero-order valence-corrected chi connectivity index (χ0v) is 11.2. The fourth-order valence-corrected chi connectivity index (χ4v) is 3.19. The van der Waals surface area contributed by atoms with Gasteiger partial charge in [-0.25, -0.2) is 0 Å². The highest BCUT2D eigenvalue weighted by atomic mass is 35.5. The summed E-state index contributed by atoms with van der Waals surface area (Å²) in [5.41, 5.74) is 3.66. The molecule has 1 aromatic rings. The van der Waals surface area contributed by atoms with Gasteiger partial charge in [0.1, 0.15) is 11.4 Å². The lowest BCUT2D eigenvalue weighted by Crippen LogP contribution is -2.41. The zero-order valence-electron chi connectivity index (χ0n) is 10.4. The second-order valence-corrected chi connectivity index (χ2v) is 5.70. The highest BCUT2D eigenvalue weighted by Gasteiger charge is 2.39. The zero-order chi connectivity index (χ0) is 12.0. The van der Waals surface area contributed by atoms with Crippen LogP contribution in [-0.2, 0) is 6.42 Å². The third-order valence-electron chi connectivity index (χ3n) is 4.13. The predicted molar refractivity (Wildman–Crippen MR) is 70.1 cm³/mol. The SMILES string of the molecule is Cc1cc2c(c(C)c1Cl)CCC1(CCNC1)O2. The van der Waals surface area contributed by atoms with E-state index in [0.29, 0.717) is 0 Å². The average molecular weight is 252 g/mol. The Hall–Kier alpha value is -0.730. The Bertz CT molecular complexity index is 464. The summed E-state index contributed by atoms with van der Waals surface area (Å²) in [6.45, 7) is 6.20. The molecule has 0 bridgehead atoms. The first kappa shape index (κ1) is 11.4. The van der Waals surface area contributed by atoms with E-state index in [9.17, 15) is 0 Å². The van der Waals surface area contributed by atoms with E-state index in [1.165, 1.54) is 11.1 Å². The molecule has 1 saturated heterocycles. The molecule has 2 nitrogen and oxygen atoms in total. The van der Waals surface area contributed by atoms with Crippen molar-refractivity contribution in [1.82, 2.24) is 5.32 Å². The molecule has 1 unspecified atom stereocenters. The summed E-state index contributed by atoms with van der Waals surface area (Å²) in [5.74, 6) is 1.05. The third kappa shape index (κ3) is 1.74. The lowest BCUT2D eigenvalue weighted by Gasteiger charge is -2.36. The van der Waals surface area contributed by atoms with E-state index in [0.717, 1.165) is 48.7 Å². The molecule has 0 saturated carbocycles. The standard InChI is InChI=1S/C14H18ClNO/c1-9-7-12-11(10(2)13(9)15)3-4-14(17-12)5-6-16-8-14/h7,16H,3-6,8H2,1-2H3. The van der Waals surface area contributed by atoms with Crippen LogP contribution in [0.4, 0.5) is 0 Å². The van der Waals surface area contributed by atoms with Crippen LogP contribution in [-0.4, -0.2) is 18.7 Å². The van der Waals surface area contributed by atoms with E-state index >= 15 is 0 Å². The van der Waals surface area contributed by atoms with Crippen molar-refractivity contribution in [3.8, 4) is 5.75 Å². The van der Waals surface area contributed by atoms with E-state index in [4.69, 9.17) is 16.3 Å². The van der Waals surface area contributed by atoms with Crippen LogP contribution in [0.3, 0.4) is 0 Å². The van der Waals surface area contributed by atoms with Gasteiger partial charge in [-0.2, -0.15) is 0 Å². The van der Waals surface area contributed by atoms with Crippen molar-refractivity contribution in [2.75, 3.05) is 13.1 Å². The number of hydrogen-bond donors (Lipinski definition) is 1. The van der Waals surface area contributed by atoms with Crippen LogP contribution in [0.2, 0.25) is 5.02 Å². The van der Waals surface area contributed by atoms with Crippen LogP contribution in [0.1, 0.15) is 29.5 Å².